The Morgan fingerprint density at radius 3 is 2.94 bits per heavy atom. The third kappa shape index (κ3) is 2.74. The van der Waals surface area contributed by atoms with Crippen LogP contribution in [0.1, 0.15) is 18.9 Å². The van der Waals surface area contributed by atoms with E-state index in [2.05, 4.69) is 10.3 Å². The van der Waals surface area contributed by atoms with Gasteiger partial charge in [0.2, 0.25) is 5.91 Å². The minimum atomic E-state index is -0.337. The maximum absolute atomic E-state index is 13.9. The highest BCUT2D eigenvalue weighted by Crippen LogP contribution is 2.14. The molecule has 2 rings (SSSR count). The summed E-state index contributed by atoms with van der Waals surface area (Å²) in [6.07, 6.45) is 5.23. The van der Waals surface area contributed by atoms with Crippen LogP contribution in [0.3, 0.4) is 0 Å². The molecule has 18 heavy (non-hydrogen) atoms. The smallest absolute Gasteiger partial charge is 0.219 e. The Kier molecular flexibility index (Phi) is 3.72. The molecule has 0 saturated carbocycles. The molecule has 0 atom stereocenters. The summed E-state index contributed by atoms with van der Waals surface area (Å²) < 4.78 is 15.5. The van der Waals surface area contributed by atoms with Crippen molar-refractivity contribution in [1.82, 2.24) is 14.9 Å². The van der Waals surface area contributed by atoms with Gasteiger partial charge in [0, 0.05) is 25.4 Å². The van der Waals surface area contributed by atoms with Crippen molar-refractivity contribution in [3.63, 3.8) is 0 Å². The zero-order valence-corrected chi connectivity index (χ0v) is 10.1. The summed E-state index contributed by atoms with van der Waals surface area (Å²) in [4.78, 5) is 15.0. The molecule has 94 valence electrons. The van der Waals surface area contributed by atoms with Crippen LogP contribution in [0, 0.1) is 5.82 Å². The number of hydrogen-bond donors (Lipinski definition) is 1. The van der Waals surface area contributed by atoms with Crippen molar-refractivity contribution in [2.24, 2.45) is 0 Å². The lowest BCUT2D eigenvalue weighted by Gasteiger charge is -2.07. The minimum absolute atomic E-state index is 0.0471. The second kappa shape index (κ2) is 5.44. The number of nitrogens with zero attached hydrogens (tertiary/aromatic N) is 2. The van der Waals surface area contributed by atoms with E-state index in [4.69, 9.17) is 0 Å². The third-order valence-electron chi connectivity index (χ3n) is 2.61. The fraction of sp³-hybridized carbons (Fsp3) is 0.231. The SMILES string of the molecule is CCC(=O)NCc1ccc(-n2ccnc2)c(F)c1. The molecule has 0 aliphatic carbocycles. The molecule has 0 saturated heterocycles. The summed E-state index contributed by atoms with van der Waals surface area (Å²) in [6, 6.07) is 4.88. The van der Waals surface area contributed by atoms with Crippen LogP contribution in [-0.2, 0) is 11.3 Å². The number of benzene rings is 1. The van der Waals surface area contributed by atoms with Crippen molar-refractivity contribution in [2.45, 2.75) is 19.9 Å². The third-order valence-corrected chi connectivity index (χ3v) is 2.61. The van der Waals surface area contributed by atoms with E-state index in [1.807, 2.05) is 0 Å². The van der Waals surface area contributed by atoms with E-state index in [1.54, 1.807) is 36.0 Å². The van der Waals surface area contributed by atoms with Gasteiger partial charge < -0.3 is 9.88 Å². The monoisotopic (exact) mass is 247 g/mol. The van der Waals surface area contributed by atoms with Gasteiger partial charge in [-0.15, -0.1) is 0 Å². The second-order valence-corrected chi connectivity index (χ2v) is 3.89. The van der Waals surface area contributed by atoms with Crippen molar-refractivity contribution in [3.8, 4) is 5.69 Å². The predicted molar refractivity (Wildman–Crippen MR) is 65.7 cm³/mol. The van der Waals surface area contributed by atoms with Crippen LogP contribution in [-0.4, -0.2) is 15.5 Å². The summed E-state index contributed by atoms with van der Waals surface area (Å²) in [5, 5.41) is 2.71. The summed E-state index contributed by atoms with van der Waals surface area (Å²) in [5.41, 5.74) is 1.18. The molecule has 2 aromatic rings. The number of halogens is 1. The van der Waals surface area contributed by atoms with Gasteiger partial charge in [-0.2, -0.15) is 0 Å². The highest BCUT2D eigenvalue weighted by atomic mass is 19.1. The number of carbonyl (C=O) groups is 1. The number of carbonyl (C=O) groups excluding carboxylic acids is 1. The van der Waals surface area contributed by atoms with Crippen molar-refractivity contribution in [3.05, 3.63) is 48.3 Å². The number of amides is 1. The van der Waals surface area contributed by atoms with Crippen molar-refractivity contribution >= 4 is 5.91 Å². The average molecular weight is 247 g/mol. The summed E-state index contributed by atoms with van der Waals surface area (Å²) >= 11 is 0. The Labute approximate surface area is 104 Å². The normalized spacial score (nSPS) is 10.3. The van der Waals surface area contributed by atoms with E-state index in [9.17, 15) is 9.18 Å². The van der Waals surface area contributed by atoms with Gasteiger partial charge in [-0.05, 0) is 17.7 Å². The van der Waals surface area contributed by atoms with Crippen molar-refractivity contribution < 1.29 is 9.18 Å². The lowest BCUT2D eigenvalue weighted by molar-refractivity contribution is -0.120. The van der Waals surface area contributed by atoms with Crippen LogP contribution < -0.4 is 5.32 Å². The van der Waals surface area contributed by atoms with E-state index in [-0.39, 0.29) is 11.7 Å². The molecule has 5 heteroatoms. The highest BCUT2D eigenvalue weighted by molar-refractivity contribution is 5.75. The highest BCUT2D eigenvalue weighted by Gasteiger charge is 2.05. The zero-order valence-electron chi connectivity index (χ0n) is 10.1. The largest absolute Gasteiger partial charge is 0.352 e. The van der Waals surface area contributed by atoms with Crippen LogP contribution in [0.4, 0.5) is 4.39 Å². The quantitative estimate of drug-likeness (QED) is 0.898. The van der Waals surface area contributed by atoms with Gasteiger partial charge in [0.15, 0.2) is 0 Å². The Balaban J connectivity index is 2.13. The Bertz CT molecular complexity index is 537. The van der Waals surface area contributed by atoms with Gasteiger partial charge in [0.05, 0.1) is 12.0 Å². The van der Waals surface area contributed by atoms with Crippen LogP contribution in [0.5, 0.6) is 0 Å². The number of aromatic nitrogens is 2. The molecule has 1 amide bonds. The Morgan fingerprint density at radius 2 is 2.33 bits per heavy atom. The molecule has 1 aromatic carbocycles. The molecule has 0 spiro atoms. The zero-order chi connectivity index (χ0) is 13.0. The molecular weight excluding hydrogens is 233 g/mol. The molecule has 0 radical (unpaired) electrons. The first-order valence-electron chi connectivity index (χ1n) is 5.74. The van der Waals surface area contributed by atoms with Gasteiger partial charge in [0.25, 0.3) is 0 Å². The maximum atomic E-state index is 13.9. The van der Waals surface area contributed by atoms with Gasteiger partial charge in [-0.25, -0.2) is 9.37 Å². The predicted octanol–water partition coefficient (Wildman–Crippen LogP) is 2.04. The van der Waals surface area contributed by atoms with Crippen LogP contribution >= 0.6 is 0 Å². The Morgan fingerprint density at radius 1 is 1.50 bits per heavy atom. The van der Waals surface area contributed by atoms with Gasteiger partial charge in [-0.3, -0.25) is 4.79 Å². The molecule has 0 aliphatic heterocycles. The van der Waals surface area contributed by atoms with Crippen LogP contribution in [0.2, 0.25) is 0 Å². The van der Waals surface area contributed by atoms with E-state index >= 15 is 0 Å². The summed E-state index contributed by atoms with van der Waals surface area (Å²) in [5.74, 6) is -0.384. The number of imidazole rings is 1. The average Bonchev–Trinajstić information content (AvgIpc) is 2.89. The summed E-state index contributed by atoms with van der Waals surface area (Å²) in [7, 11) is 0. The lowest BCUT2D eigenvalue weighted by atomic mass is 10.2. The first-order chi connectivity index (χ1) is 8.70. The van der Waals surface area contributed by atoms with Crippen LogP contribution in [0.25, 0.3) is 5.69 Å². The fourth-order valence-corrected chi connectivity index (χ4v) is 1.60. The number of hydrogen-bond acceptors (Lipinski definition) is 2. The van der Waals surface area contributed by atoms with E-state index in [0.29, 0.717) is 18.7 Å². The minimum Gasteiger partial charge on any atom is -0.352 e. The first-order valence-corrected chi connectivity index (χ1v) is 5.74. The number of rotatable bonds is 4. The second-order valence-electron chi connectivity index (χ2n) is 3.89. The van der Waals surface area contributed by atoms with Gasteiger partial charge >= 0.3 is 0 Å². The fourth-order valence-electron chi connectivity index (χ4n) is 1.60. The molecular formula is C13H14FN3O. The molecule has 1 heterocycles. The molecule has 0 aliphatic rings. The molecule has 1 aromatic heterocycles. The maximum Gasteiger partial charge on any atom is 0.219 e. The molecule has 1 N–H and O–H groups in total. The molecule has 0 bridgehead atoms. The van der Waals surface area contributed by atoms with E-state index in [0.717, 1.165) is 5.56 Å². The standard InChI is InChI=1S/C13H14FN3O/c1-2-13(18)16-8-10-3-4-12(11(14)7-10)17-6-5-15-9-17/h3-7,9H,2,8H2,1H3,(H,16,18). The van der Waals surface area contributed by atoms with Gasteiger partial charge in [0.1, 0.15) is 5.82 Å². The van der Waals surface area contributed by atoms with Crippen molar-refractivity contribution in [1.29, 1.82) is 0 Å². The van der Waals surface area contributed by atoms with Crippen molar-refractivity contribution in [2.75, 3.05) is 0 Å². The van der Waals surface area contributed by atoms with E-state index in [1.165, 1.54) is 12.4 Å². The topological polar surface area (TPSA) is 46.9 Å². The summed E-state index contributed by atoms with van der Waals surface area (Å²) in [6.45, 7) is 2.12. The first kappa shape index (κ1) is 12.3. The van der Waals surface area contributed by atoms with E-state index < -0.39 is 0 Å². The van der Waals surface area contributed by atoms with Gasteiger partial charge in [-0.1, -0.05) is 13.0 Å². The molecule has 4 nitrogen and oxygen atoms in total. The Hall–Kier alpha value is -2.17. The number of nitrogens with one attached hydrogen (secondary N) is 1. The molecule has 0 fully saturated rings. The molecule has 0 unspecified atom stereocenters. The lowest BCUT2D eigenvalue weighted by Crippen LogP contribution is -2.21. The van der Waals surface area contributed by atoms with Crippen LogP contribution in [0.15, 0.2) is 36.9 Å².